The van der Waals surface area contributed by atoms with Crippen LogP contribution in [0.3, 0.4) is 0 Å². The van der Waals surface area contributed by atoms with E-state index in [1.807, 2.05) is 36.4 Å². The molecule has 0 aliphatic rings. The number of allylic oxidation sites excluding steroid dienone is 1. The molecule has 3 heteroatoms. The lowest BCUT2D eigenvalue weighted by atomic mass is 9.94. The second-order valence-corrected chi connectivity index (χ2v) is 4.08. The molecular formula is C15H18O3. The Morgan fingerprint density at radius 3 is 2.67 bits per heavy atom. The third-order valence-electron chi connectivity index (χ3n) is 2.70. The van der Waals surface area contributed by atoms with Crippen LogP contribution in [0.25, 0.3) is 0 Å². The Bertz CT molecular complexity index is 395. The molecule has 1 unspecified atom stereocenters. The van der Waals surface area contributed by atoms with Gasteiger partial charge in [-0.05, 0) is 24.3 Å². The number of ether oxygens (including phenoxy) is 1. The summed E-state index contributed by atoms with van der Waals surface area (Å²) in [7, 11) is 1.35. The van der Waals surface area contributed by atoms with Gasteiger partial charge in [0.25, 0.3) is 0 Å². The Labute approximate surface area is 107 Å². The molecule has 96 valence electrons. The maximum absolute atomic E-state index is 11.1. The van der Waals surface area contributed by atoms with Crippen molar-refractivity contribution in [2.75, 3.05) is 7.11 Å². The summed E-state index contributed by atoms with van der Waals surface area (Å²) in [6.45, 7) is 0. The molecule has 0 amide bonds. The molecule has 0 radical (unpaired) electrons. The molecular weight excluding hydrogens is 228 g/mol. The topological polar surface area (TPSA) is 43.4 Å². The van der Waals surface area contributed by atoms with Gasteiger partial charge in [0.15, 0.2) is 0 Å². The van der Waals surface area contributed by atoms with Gasteiger partial charge in [-0.15, -0.1) is 0 Å². The van der Waals surface area contributed by atoms with E-state index in [4.69, 9.17) is 0 Å². The number of carbonyl (C=O) groups excluding carboxylic acids is 2. The predicted octanol–water partition coefficient (Wildman–Crippen LogP) is 2.55. The molecule has 18 heavy (non-hydrogen) atoms. The van der Waals surface area contributed by atoms with Crippen LogP contribution < -0.4 is 0 Å². The lowest BCUT2D eigenvalue weighted by molar-refractivity contribution is -0.134. The lowest BCUT2D eigenvalue weighted by Gasteiger charge is -2.11. The zero-order valence-corrected chi connectivity index (χ0v) is 10.5. The molecule has 0 saturated heterocycles. The Balaban J connectivity index is 2.63. The number of benzene rings is 1. The van der Waals surface area contributed by atoms with E-state index >= 15 is 0 Å². The number of rotatable bonds is 7. The highest BCUT2D eigenvalue weighted by molar-refractivity contribution is 5.81. The van der Waals surface area contributed by atoms with Crippen molar-refractivity contribution < 1.29 is 14.3 Å². The van der Waals surface area contributed by atoms with E-state index < -0.39 is 0 Å². The summed E-state index contributed by atoms with van der Waals surface area (Å²) in [4.78, 5) is 21.5. The summed E-state index contributed by atoms with van der Waals surface area (Å²) in [5.74, 6) is -0.184. The Hall–Kier alpha value is -1.90. The quantitative estimate of drug-likeness (QED) is 0.422. The van der Waals surface area contributed by atoms with Crippen LogP contribution in [0, 0.1) is 5.92 Å². The first kappa shape index (κ1) is 14.2. The summed E-state index contributed by atoms with van der Waals surface area (Å²) >= 11 is 0. The highest BCUT2D eigenvalue weighted by Gasteiger charge is 2.06. The normalized spacial score (nSPS) is 12.3. The molecule has 3 nitrogen and oxygen atoms in total. The maximum atomic E-state index is 11.1. The van der Waals surface area contributed by atoms with Gasteiger partial charge in [-0.2, -0.15) is 0 Å². The van der Waals surface area contributed by atoms with Crippen molar-refractivity contribution in [3.05, 3.63) is 48.0 Å². The third kappa shape index (κ3) is 5.43. The molecule has 1 atom stereocenters. The minimum absolute atomic E-state index is 0.177. The van der Waals surface area contributed by atoms with Gasteiger partial charge in [-0.25, -0.2) is 4.79 Å². The summed E-state index contributed by atoms with van der Waals surface area (Å²) in [5, 5.41) is 0. The van der Waals surface area contributed by atoms with Crippen LogP contribution in [-0.4, -0.2) is 19.4 Å². The Kier molecular flexibility index (Phi) is 6.47. The van der Waals surface area contributed by atoms with Crippen LogP contribution in [0.2, 0.25) is 0 Å². The zero-order chi connectivity index (χ0) is 13.2. The van der Waals surface area contributed by atoms with Gasteiger partial charge in [0.1, 0.15) is 6.29 Å². The van der Waals surface area contributed by atoms with Crippen molar-refractivity contribution in [1.29, 1.82) is 0 Å². The van der Waals surface area contributed by atoms with Gasteiger partial charge >= 0.3 is 5.97 Å². The Morgan fingerprint density at radius 2 is 2.06 bits per heavy atom. The predicted molar refractivity (Wildman–Crippen MR) is 70.1 cm³/mol. The molecule has 0 bridgehead atoms. The number of methoxy groups -OCH3 is 1. The minimum atomic E-state index is -0.362. The van der Waals surface area contributed by atoms with E-state index in [1.165, 1.54) is 18.7 Å². The van der Waals surface area contributed by atoms with Crippen LogP contribution in [0.4, 0.5) is 0 Å². The largest absolute Gasteiger partial charge is 0.466 e. The SMILES string of the molecule is COC(=O)/C=C/C(CCC=O)Cc1ccccc1. The molecule has 0 aliphatic carbocycles. The van der Waals surface area contributed by atoms with Gasteiger partial charge in [-0.3, -0.25) is 0 Å². The van der Waals surface area contributed by atoms with Crippen LogP contribution >= 0.6 is 0 Å². The number of aldehydes is 1. The Morgan fingerprint density at radius 1 is 1.33 bits per heavy atom. The first-order valence-electron chi connectivity index (χ1n) is 6.00. The van der Waals surface area contributed by atoms with Gasteiger partial charge in [0.2, 0.25) is 0 Å². The first-order valence-corrected chi connectivity index (χ1v) is 6.00. The highest BCUT2D eigenvalue weighted by atomic mass is 16.5. The number of esters is 1. The summed E-state index contributed by atoms with van der Waals surface area (Å²) in [6, 6.07) is 10.0. The van der Waals surface area contributed by atoms with Gasteiger partial charge in [0.05, 0.1) is 7.11 Å². The van der Waals surface area contributed by atoms with Crippen LogP contribution in [0.5, 0.6) is 0 Å². The standard InChI is InChI=1S/C15H18O3/c1-18-15(17)10-9-14(8-5-11-16)12-13-6-3-2-4-7-13/h2-4,6-7,9-11,14H,5,8,12H2,1H3/b10-9+. The molecule has 0 N–H and O–H groups in total. The number of carbonyl (C=O) groups is 2. The molecule has 1 aromatic rings. The van der Waals surface area contributed by atoms with E-state index in [2.05, 4.69) is 4.74 Å². The molecule has 1 rings (SSSR count). The number of hydrogen-bond donors (Lipinski definition) is 0. The third-order valence-corrected chi connectivity index (χ3v) is 2.70. The van der Waals surface area contributed by atoms with Crippen LogP contribution in [-0.2, 0) is 20.7 Å². The first-order chi connectivity index (χ1) is 8.76. The fourth-order valence-corrected chi connectivity index (χ4v) is 1.75. The lowest BCUT2D eigenvalue weighted by Crippen LogP contribution is -2.04. The average molecular weight is 246 g/mol. The summed E-state index contributed by atoms with van der Waals surface area (Å²) in [5.41, 5.74) is 1.20. The smallest absolute Gasteiger partial charge is 0.330 e. The fourth-order valence-electron chi connectivity index (χ4n) is 1.75. The zero-order valence-electron chi connectivity index (χ0n) is 10.5. The summed E-state index contributed by atoms with van der Waals surface area (Å²) < 4.78 is 4.56. The molecule has 0 saturated carbocycles. The van der Waals surface area contributed by atoms with Gasteiger partial charge in [0, 0.05) is 12.5 Å². The molecule has 0 aliphatic heterocycles. The van der Waals surface area contributed by atoms with Crippen molar-refractivity contribution >= 4 is 12.3 Å². The van der Waals surface area contributed by atoms with Crippen molar-refractivity contribution in [2.24, 2.45) is 5.92 Å². The van der Waals surface area contributed by atoms with Crippen molar-refractivity contribution in [1.82, 2.24) is 0 Å². The molecule has 0 spiro atoms. The average Bonchev–Trinajstić information content (AvgIpc) is 2.42. The summed E-state index contributed by atoms with van der Waals surface area (Å²) in [6.07, 6.45) is 6.22. The van der Waals surface area contributed by atoms with Crippen LogP contribution in [0.1, 0.15) is 18.4 Å². The second kappa shape index (κ2) is 8.23. The minimum Gasteiger partial charge on any atom is -0.466 e. The molecule has 0 heterocycles. The van der Waals surface area contributed by atoms with Crippen molar-refractivity contribution in [2.45, 2.75) is 19.3 Å². The molecule has 0 aromatic heterocycles. The number of hydrogen-bond acceptors (Lipinski definition) is 3. The highest BCUT2D eigenvalue weighted by Crippen LogP contribution is 2.15. The van der Waals surface area contributed by atoms with Gasteiger partial charge < -0.3 is 9.53 Å². The van der Waals surface area contributed by atoms with E-state index in [0.717, 1.165) is 19.1 Å². The van der Waals surface area contributed by atoms with E-state index in [9.17, 15) is 9.59 Å². The van der Waals surface area contributed by atoms with Crippen LogP contribution in [0.15, 0.2) is 42.5 Å². The molecule has 0 fully saturated rings. The van der Waals surface area contributed by atoms with E-state index in [0.29, 0.717) is 6.42 Å². The van der Waals surface area contributed by atoms with Gasteiger partial charge in [-0.1, -0.05) is 36.4 Å². The van der Waals surface area contributed by atoms with Crippen molar-refractivity contribution in [3.8, 4) is 0 Å². The maximum Gasteiger partial charge on any atom is 0.330 e. The van der Waals surface area contributed by atoms with E-state index in [-0.39, 0.29) is 11.9 Å². The second-order valence-electron chi connectivity index (χ2n) is 4.08. The molecule has 1 aromatic carbocycles. The monoisotopic (exact) mass is 246 g/mol. The van der Waals surface area contributed by atoms with E-state index in [1.54, 1.807) is 0 Å². The fraction of sp³-hybridized carbons (Fsp3) is 0.333. The van der Waals surface area contributed by atoms with Crippen molar-refractivity contribution in [3.63, 3.8) is 0 Å².